The van der Waals surface area contributed by atoms with Gasteiger partial charge in [0.2, 0.25) is 11.8 Å². The van der Waals surface area contributed by atoms with E-state index >= 15 is 0 Å². The summed E-state index contributed by atoms with van der Waals surface area (Å²) in [6.07, 6.45) is 3.51. The molecule has 1 atom stereocenters. The van der Waals surface area contributed by atoms with Gasteiger partial charge in [-0.25, -0.2) is 4.98 Å². The number of carbonyl (C=O) groups is 2. The number of piperidine rings is 1. The Hall–Kier alpha value is -1.57. The Morgan fingerprint density at radius 2 is 1.92 bits per heavy atom. The molecule has 2 amide bonds. The number of carbonyl (C=O) groups excluding carboxylic acids is 2. The lowest BCUT2D eigenvalue weighted by atomic mass is 10.0. The Morgan fingerprint density at radius 3 is 2.46 bits per heavy atom. The van der Waals surface area contributed by atoms with E-state index < -0.39 is 6.04 Å². The number of aromatic nitrogens is 1. The second kappa shape index (κ2) is 11.9. The van der Waals surface area contributed by atoms with Crippen LogP contribution < -0.4 is 21.3 Å². The van der Waals surface area contributed by atoms with E-state index in [4.69, 9.17) is 5.73 Å². The van der Waals surface area contributed by atoms with Gasteiger partial charge in [0.25, 0.3) is 0 Å². The van der Waals surface area contributed by atoms with Gasteiger partial charge in [0, 0.05) is 25.3 Å². The molecule has 0 unspecified atom stereocenters. The number of nitrogens with zero attached hydrogens (tertiary/aromatic N) is 2. The molecule has 148 valence electrons. The Labute approximate surface area is 167 Å². The van der Waals surface area contributed by atoms with Gasteiger partial charge >= 0.3 is 0 Å². The summed E-state index contributed by atoms with van der Waals surface area (Å²) in [5, 5.41) is 5.56. The lowest BCUT2D eigenvalue weighted by Gasteiger charge is -2.33. The van der Waals surface area contributed by atoms with Crippen LogP contribution in [0, 0.1) is 5.92 Å². The average Bonchev–Trinajstić information content (AvgIpc) is 2.60. The minimum atomic E-state index is -0.584. The van der Waals surface area contributed by atoms with Crippen molar-refractivity contribution in [3.63, 3.8) is 0 Å². The van der Waals surface area contributed by atoms with E-state index in [1.165, 1.54) is 0 Å². The molecular weight excluding hydrogens is 377 g/mol. The largest absolute Gasteiger partial charge is 0.356 e. The van der Waals surface area contributed by atoms with Gasteiger partial charge in [-0.15, -0.1) is 24.8 Å². The number of amides is 2. The number of halogens is 2. The minimum absolute atomic E-state index is 0. The van der Waals surface area contributed by atoms with E-state index in [0.717, 1.165) is 31.7 Å². The molecule has 9 heteroatoms. The molecule has 1 aromatic rings. The normalized spacial score (nSPS) is 15.5. The molecule has 0 aliphatic carbocycles. The number of nitrogens with two attached hydrogens (primary N) is 1. The summed E-state index contributed by atoms with van der Waals surface area (Å²) >= 11 is 0. The van der Waals surface area contributed by atoms with Gasteiger partial charge in [0.15, 0.2) is 0 Å². The van der Waals surface area contributed by atoms with Gasteiger partial charge in [-0.2, -0.15) is 0 Å². The molecule has 1 aliphatic heterocycles. The van der Waals surface area contributed by atoms with Gasteiger partial charge in [0.1, 0.15) is 5.82 Å². The minimum Gasteiger partial charge on any atom is -0.356 e. The number of anilines is 1. The van der Waals surface area contributed by atoms with Crippen molar-refractivity contribution < 1.29 is 9.59 Å². The molecule has 7 nitrogen and oxygen atoms in total. The highest BCUT2D eigenvalue weighted by Gasteiger charge is 2.22. The van der Waals surface area contributed by atoms with Crippen molar-refractivity contribution in [3.05, 3.63) is 24.4 Å². The number of hydrogen-bond donors (Lipinski definition) is 3. The fourth-order valence-electron chi connectivity index (χ4n) is 2.66. The van der Waals surface area contributed by atoms with Crippen LogP contribution in [0.2, 0.25) is 0 Å². The Morgan fingerprint density at radius 1 is 1.27 bits per heavy atom. The first kappa shape index (κ1) is 24.4. The van der Waals surface area contributed by atoms with Crippen LogP contribution in [0.1, 0.15) is 26.7 Å². The molecule has 1 aromatic heterocycles. The zero-order chi connectivity index (χ0) is 17.5. The van der Waals surface area contributed by atoms with Crippen LogP contribution in [0.3, 0.4) is 0 Å². The zero-order valence-electron chi connectivity index (χ0n) is 15.2. The molecule has 1 saturated heterocycles. The van der Waals surface area contributed by atoms with Crippen LogP contribution in [-0.2, 0) is 9.59 Å². The van der Waals surface area contributed by atoms with Gasteiger partial charge in [-0.05, 0) is 30.9 Å². The van der Waals surface area contributed by atoms with Gasteiger partial charge in [-0.3, -0.25) is 9.59 Å². The van der Waals surface area contributed by atoms with Crippen LogP contribution >= 0.6 is 24.8 Å². The molecule has 0 aromatic carbocycles. The molecular formula is C17H29Cl2N5O2. The van der Waals surface area contributed by atoms with Crippen molar-refractivity contribution >= 4 is 42.4 Å². The fraction of sp³-hybridized carbons (Fsp3) is 0.588. The monoisotopic (exact) mass is 405 g/mol. The zero-order valence-corrected chi connectivity index (χ0v) is 16.8. The van der Waals surface area contributed by atoms with E-state index in [1.807, 2.05) is 32.0 Å². The maximum Gasteiger partial charge on any atom is 0.239 e. The Bertz CT molecular complexity index is 551. The highest BCUT2D eigenvalue weighted by Crippen LogP contribution is 2.17. The van der Waals surface area contributed by atoms with Crippen LogP contribution in [0.15, 0.2) is 24.4 Å². The third-order valence-electron chi connectivity index (χ3n) is 4.28. The molecule has 1 fully saturated rings. The van der Waals surface area contributed by atoms with Crippen LogP contribution in [0.4, 0.5) is 5.82 Å². The molecule has 4 N–H and O–H groups in total. The summed E-state index contributed by atoms with van der Waals surface area (Å²) in [6.45, 7) is 5.43. The van der Waals surface area contributed by atoms with Crippen molar-refractivity contribution in [2.75, 3.05) is 24.5 Å². The number of hydrogen-bond acceptors (Lipinski definition) is 5. The van der Waals surface area contributed by atoms with E-state index in [1.54, 1.807) is 6.20 Å². The van der Waals surface area contributed by atoms with Crippen molar-refractivity contribution in [1.29, 1.82) is 0 Å². The molecule has 0 saturated carbocycles. The van der Waals surface area contributed by atoms with Crippen molar-refractivity contribution in [1.82, 2.24) is 15.6 Å². The quantitative estimate of drug-likeness (QED) is 0.657. The van der Waals surface area contributed by atoms with E-state index in [2.05, 4.69) is 20.5 Å². The summed E-state index contributed by atoms with van der Waals surface area (Å²) in [5.74, 6) is 0.557. The molecule has 26 heavy (non-hydrogen) atoms. The standard InChI is InChI=1S/C17H27N5O2.2ClH/c1-12(2)16(18)17(24)20-11-15(23)21-13-6-9-22(10-7-13)14-5-3-4-8-19-14;;/h3-5,8,12-13,16H,6-7,9-11,18H2,1-2H3,(H,20,24)(H,21,23);2*1H/t16-;;/m0../s1. The smallest absolute Gasteiger partial charge is 0.239 e. The third kappa shape index (κ3) is 7.35. The van der Waals surface area contributed by atoms with Crippen molar-refractivity contribution in [2.24, 2.45) is 11.7 Å². The van der Waals surface area contributed by atoms with E-state index in [0.29, 0.717) is 0 Å². The van der Waals surface area contributed by atoms with Gasteiger partial charge < -0.3 is 21.3 Å². The Kier molecular flexibility index (Phi) is 11.2. The second-order valence-electron chi connectivity index (χ2n) is 6.50. The summed E-state index contributed by atoms with van der Waals surface area (Å²) in [5.41, 5.74) is 5.75. The lowest BCUT2D eigenvalue weighted by molar-refractivity contribution is -0.127. The first-order valence-electron chi connectivity index (χ1n) is 8.46. The van der Waals surface area contributed by atoms with Gasteiger partial charge in [0.05, 0.1) is 12.6 Å². The lowest BCUT2D eigenvalue weighted by Crippen LogP contribution is -2.50. The molecule has 1 aliphatic rings. The first-order chi connectivity index (χ1) is 11.5. The fourth-order valence-corrected chi connectivity index (χ4v) is 2.66. The highest BCUT2D eigenvalue weighted by atomic mass is 35.5. The van der Waals surface area contributed by atoms with Crippen molar-refractivity contribution in [2.45, 2.75) is 38.8 Å². The maximum absolute atomic E-state index is 12.0. The number of pyridine rings is 1. The summed E-state index contributed by atoms with van der Waals surface area (Å²) in [6, 6.07) is 5.41. The van der Waals surface area contributed by atoms with Crippen molar-refractivity contribution in [3.8, 4) is 0 Å². The number of rotatable bonds is 6. The van der Waals surface area contributed by atoms with E-state index in [-0.39, 0.29) is 55.1 Å². The SMILES string of the molecule is CC(C)[C@H](N)C(=O)NCC(=O)NC1CCN(c2ccccn2)CC1.Cl.Cl. The predicted octanol–water partition coefficient (Wildman–Crippen LogP) is 1.11. The number of nitrogens with one attached hydrogen (secondary N) is 2. The summed E-state index contributed by atoms with van der Waals surface area (Å²) in [4.78, 5) is 30.3. The molecule has 2 heterocycles. The predicted molar refractivity (Wildman–Crippen MR) is 108 cm³/mol. The second-order valence-corrected chi connectivity index (χ2v) is 6.50. The Balaban J connectivity index is 0.00000312. The molecule has 0 bridgehead atoms. The van der Waals surface area contributed by atoms with Gasteiger partial charge in [-0.1, -0.05) is 19.9 Å². The summed E-state index contributed by atoms with van der Waals surface area (Å²) in [7, 11) is 0. The molecule has 0 spiro atoms. The van der Waals surface area contributed by atoms with E-state index in [9.17, 15) is 9.59 Å². The highest BCUT2D eigenvalue weighted by molar-refractivity contribution is 5.87. The molecule has 0 radical (unpaired) electrons. The topological polar surface area (TPSA) is 100 Å². The summed E-state index contributed by atoms with van der Waals surface area (Å²) < 4.78 is 0. The van der Waals surface area contributed by atoms with Crippen LogP contribution in [0.5, 0.6) is 0 Å². The maximum atomic E-state index is 12.0. The average molecular weight is 406 g/mol. The third-order valence-corrected chi connectivity index (χ3v) is 4.28. The molecule has 2 rings (SSSR count). The van der Waals surface area contributed by atoms with Crippen LogP contribution in [-0.4, -0.2) is 48.5 Å². The first-order valence-corrected chi connectivity index (χ1v) is 8.46. The van der Waals surface area contributed by atoms with Crippen LogP contribution in [0.25, 0.3) is 0 Å².